The maximum Gasteiger partial charge on any atom is 0.223 e. The molecule has 1 saturated heterocycles. The lowest BCUT2D eigenvalue weighted by molar-refractivity contribution is -0.131. The fraction of sp³-hybridized carbons (Fsp3) is 0.611. The molecule has 0 spiro atoms. The minimum absolute atomic E-state index is 0.252. The van der Waals surface area contributed by atoms with Gasteiger partial charge >= 0.3 is 0 Å². The van der Waals surface area contributed by atoms with Crippen LogP contribution in [0.5, 0.6) is 5.75 Å². The number of amides is 1. The van der Waals surface area contributed by atoms with Crippen LogP contribution in [0.4, 0.5) is 5.69 Å². The Morgan fingerprint density at radius 2 is 1.79 bits per heavy atom. The molecule has 0 atom stereocenters. The van der Waals surface area contributed by atoms with Crippen LogP contribution in [0.15, 0.2) is 24.3 Å². The van der Waals surface area contributed by atoms with Gasteiger partial charge in [-0.15, -0.1) is 0 Å². The van der Waals surface area contributed by atoms with Gasteiger partial charge in [-0.2, -0.15) is 0 Å². The van der Waals surface area contributed by atoms with E-state index in [1.54, 1.807) is 7.11 Å². The average Bonchev–Trinajstić information content (AvgIpc) is 2.61. The summed E-state index contributed by atoms with van der Waals surface area (Å²) in [6.45, 7) is 6.02. The average molecular weight is 334 g/mol. The van der Waals surface area contributed by atoms with E-state index >= 15 is 0 Å². The van der Waals surface area contributed by atoms with E-state index in [1.165, 1.54) is 5.69 Å². The normalized spacial score (nSPS) is 15.0. The lowest BCUT2D eigenvalue weighted by atomic mass is 10.2. The number of hydrogen-bond acceptors (Lipinski definition) is 5. The summed E-state index contributed by atoms with van der Waals surface area (Å²) in [5, 5.41) is 3.32. The van der Waals surface area contributed by atoms with E-state index in [1.807, 2.05) is 17.0 Å². The molecule has 1 aromatic rings. The fourth-order valence-corrected chi connectivity index (χ4v) is 2.79. The maximum absolute atomic E-state index is 12.3. The largest absolute Gasteiger partial charge is 0.497 e. The highest BCUT2D eigenvalue weighted by atomic mass is 16.5. The molecule has 2 rings (SSSR count). The smallest absolute Gasteiger partial charge is 0.223 e. The molecule has 1 fully saturated rings. The first-order valence-corrected chi connectivity index (χ1v) is 8.62. The molecular weight excluding hydrogens is 304 g/mol. The van der Waals surface area contributed by atoms with Crippen molar-refractivity contribution < 1.29 is 9.53 Å². The van der Waals surface area contributed by atoms with Crippen LogP contribution in [0, 0.1) is 0 Å². The molecule has 1 aliphatic rings. The number of rotatable bonds is 8. The Morgan fingerprint density at radius 3 is 2.38 bits per heavy atom. The van der Waals surface area contributed by atoms with E-state index in [2.05, 4.69) is 41.3 Å². The molecule has 1 aromatic carbocycles. The van der Waals surface area contributed by atoms with Crippen molar-refractivity contribution in [1.29, 1.82) is 0 Å². The van der Waals surface area contributed by atoms with Gasteiger partial charge in [0.05, 0.1) is 7.11 Å². The Labute approximate surface area is 145 Å². The predicted octanol–water partition coefficient (Wildman–Crippen LogP) is 0.885. The number of ether oxygens (including phenoxy) is 1. The first-order chi connectivity index (χ1) is 11.6. The third-order valence-electron chi connectivity index (χ3n) is 4.32. The summed E-state index contributed by atoms with van der Waals surface area (Å²) in [5.74, 6) is 1.12. The number of carbonyl (C=O) groups excluding carboxylic acids is 1. The van der Waals surface area contributed by atoms with Crippen molar-refractivity contribution in [2.24, 2.45) is 0 Å². The van der Waals surface area contributed by atoms with Gasteiger partial charge in [0.1, 0.15) is 5.75 Å². The molecule has 0 bridgehead atoms. The SMILES string of the molecule is COc1ccc(N2CCN(C(=O)CCNCCN(C)C)CC2)cc1. The highest BCUT2D eigenvalue weighted by Gasteiger charge is 2.20. The fourth-order valence-electron chi connectivity index (χ4n) is 2.79. The molecule has 6 nitrogen and oxygen atoms in total. The van der Waals surface area contributed by atoms with E-state index in [0.29, 0.717) is 6.42 Å². The van der Waals surface area contributed by atoms with Gasteiger partial charge in [-0.25, -0.2) is 0 Å². The van der Waals surface area contributed by atoms with Crippen molar-refractivity contribution in [3.63, 3.8) is 0 Å². The van der Waals surface area contributed by atoms with E-state index in [9.17, 15) is 4.79 Å². The molecule has 0 aliphatic carbocycles. The molecule has 0 radical (unpaired) electrons. The van der Waals surface area contributed by atoms with Crippen LogP contribution in [-0.4, -0.2) is 82.7 Å². The third kappa shape index (κ3) is 5.69. The van der Waals surface area contributed by atoms with Crippen molar-refractivity contribution in [2.45, 2.75) is 6.42 Å². The Kier molecular flexibility index (Phi) is 7.34. The quantitative estimate of drug-likeness (QED) is 0.716. The van der Waals surface area contributed by atoms with Crippen molar-refractivity contribution in [3.05, 3.63) is 24.3 Å². The van der Waals surface area contributed by atoms with Crippen molar-refractivity contribution >= 4 is 11.6 Å². The maximum atomic E-state index is 12.3. The highest BCUT2D eigenvalue weighted by molar-refractivity contribution is 5.76. The van der Waals surface area contributed by atoms with Gasteiger partial charge in [0.2, 0.25) is 5.91 Å². The minimum atomic E-state index is 0.252. The number of benzene rings is 1. The second kappa shape index (κ2) is 9.49. The van der Waals surface area contributed by atoms with E-state index < -0.39 is 0 Å². The second-order valence-electron chi connectivity index (χ2n) is 6.37. The second-order valence-corrected chi connectivity index (χ2v) is 6.37. The van der Waals surface area contributed by atoms with E-state index in [4.69, 9.17) is 4.74 Å². The summed E-state index contributed by atoms with van der Waals surface area (Å²) >= 11 is 0. The summed E-state index contributed by atoms with van der Waals surface area (Å²) in [4.78, 5) is 18.7. The molecule has 1 amide bonds. The lowest BCUT2D eigenvalue weighted by Crippen LogP contribution is -2.49. The molecule has 6 heteroatoms. The Hall–Kier alpha value is -1.79. The number of likely N-dealkylation sites (N-methyl/N-ethyl adjacent to an activating group) is 1. The number of nitrogens with zero attached hydrogens (tertiary/aromatic N) is 3. The molecular formula is C18H30N4O2. The van der Waals surface area contributed by atoms with Gasteiger partial charge in [0.25, 0.3) is 0 Å². The van der Waals surface area contributed by atoms with Gasteiger partial charge in [-0.3, -0.25) is 4.79 Å². The van der Waals surface area contributed by atoms with Gasteiger partial charge in [-0.05, 0) is 38.4 Å². The van der Waals surface area contributed by atoms with Gasteiger partial charge in [0, 0.05) is 57.9 Å². The molecule has 0 unspecified atom stereocenters. The van der Waals surface area contributed by atoms with Crippen LogP contribution in [-0.2, 0) is 4.79 Å². The summed E-state index contributed by atoms with van der Waals surface area (Å²) < 4.78 is 5.19. The van der Waals surface area contributed by atoms with E-state index in [-0.39, 0.29) is 5.91 Å². The Balaban J connectivity index is 1.68. The van der Waals surface area contributed by atoms with Crippen molar-refractivity contribution in [3.8, 4) is 5.75 Å². The minimum Gasteiger partial charge on any atom is -0.497 e. The number of piperazine rings is 1. The number of anilines is 1. The first kappa shape index (κ1) is 18.5. The van der Waals surface area contributed by atoms with Crippen molar-refractivity contribution in [2.75, 3.05) is 71.9 Å². The third-order valence-corrected chi connectivity index (χ3v) is 4.32. The molecule has 1 heterocycles. The highest BCUT2D eigenvalue weighted by Crippen LogP contribution is 2.20. The summed E-state index contributed by atoms with van der Waals surface area (Å²) in [7, 11) is 5.78. The first-order valence-electron chi connectivity index (χ1n) is 8.62. The van der Waals surface area contributed by atoms with Gasteiger partial charge < -0.3 is 24.8 Å². The van der Waals surface area contributed by atoms with Crippen LogP contribution >= 0.6 is 0 Å². The number of hydrogen-bond donors (Lipinski definition) is 1. The number of nitrogens with one attached hydrogen (secondary N) is 1. The zero-order valence-corrected chi connectivity index (χ0v) is 15.1. The van der Waals surface area contributed by atoms with Gasteiger partial charge in [0.15, 0.2) is 0 Å². The van der Waals surface area contributed by atoms with Crippen LogP contribution in [0.3, 0.4) is 0 Å². The molecule has 134 valence electrons. The predicted molar refractivity (Wildman–Crippen MR) is 97.8 cm³/mol. The number of methoxy groups -OCH3 is 1. The topological polar surface area (TPSA) is 48.1 Å². The van der Waals surface area contributed by atoms with Crippen LogP contribution < -0.4 is 15.0 Å². The lowest BCUT2D eigenvalue weighted by Gasteiger charge is -2.36. The Morgan fingerprint density at radius 1 is 1.12 bits per heavy atom. The van der Waals surface area contributed by atoms with Gasteiger partial charge in [-0.1, -0.05) is 0 Å². The zero-order valence-electron chi connectivity index (χ0n) is 15.1. The molecule has 0 saturated carbocycles. The summed E-state index contributed by atoms with van der Waals surface area (Å²) in [5.41, 5.74) is 1.19. The van der Waals surface area contributed by atoms with Crippen LogP contribution in [0.1, 0.15) is 6.42 Å². The van der Waals surface area contributed by atoms with E-state index in [0.717, 1.165) is 51.6 Å². The van der Waals surface area contributed by atoms with Crippen molar-refractivity contribution in [1.82, 2.24) is 15.1 Å². The standard InChI is InChI=1S/C18H30N4O2/c1-20(2)11-10-19-9-8-18(23)22-14-12-21(13-15-22)16-4-6-17(24-3)7-5-16/h4-7,19H,8-15H2,1-3H3. The van der Waals surface area contributed by atoms with Crippen LogP contribution in [0.2, 0.25) is 0 Å². The van der Waals surface area contributed by atoms with Crippen LogP contribution in [0.25, 0.3) is 0 Å². The summed E-state index contributed by atoms with van der Waals surface area (Å²) in [6.07, 6.45) is 0.579. The monoisotopic (exact) mass is 334 g/mol. The molecule has 24 heavy (non-hydrogen) atoms. The molecule has 1 N–H and O–H groups in total. The molecule has 1 aliphatic heterocycles. The molecule has 0 aromatic heterocycles. The number of carbonyl (C=O) groups is 1. The zero-order chi connectivity index (χ0) is 17.4. The summed E-state index contributed by atoms with van der Waals surface area (Å²) in [6, 6.07) is 8.11. The Bertz CT molecular complexity index is 496.